The first-order valence-corrected chi connectivity index (χ1v) is 11.8. The van der Waals surface area contributed by atoms with Gasteiger partial charge in [0.2, 0.25) is 11.8 Å². The van der Waals surface area contributed by atoms with Crippen molar-refractivity contribution in [1.82, 2.24) is 9.97 Å². The SMILES string of the molecule is CCOCC(=O)Nc1ccc(OCc2cccc(NC(=O)CSc3nc(C)cc(C)n3)c2)cc1. The van der Waals surface area contributed by atoms with Crippen LogP contribution >= 0.6 is 11.8 Å². The van der Waals surface area contributed by atoms with Crippen LogP contribution in [0.4, 0.5) is 11.4 Å². The average Bonchev–Trinajstić information content (AvgIpc) is 2.81. The van der Waals surface area contributed by atoms with Gasteiger partial charge >= 0.3 is 0 Å². The number of nitrogens with zero attached hydrogens (tertiary/aromatic N) is 2. The minimum Gasteiger partial charge on any atom is -0.489 e. The molecule has 9 heteroatoms. The smallest absolute Gasteiger partial charge is 0.250 e. The van der Waals surface area contributed by atoms with Crippen molar-refractivity contribution < 1.29 is 19.1 Å². The van der Waals surface area contributed by atoms with Crippen molar-refractivity contribution in [3.63, 3.8) is 0 Å². The van der Waals surface area contributed by atoms with Gasteiger partial charge in [-0.1, -0.05) is 23.9 Å². The molecule has 178 valence electrons. The quantitative estimate of drug-likeness (QED) is 0.310. The molecular weight excluding hydrogens is 452 g/mol. The number of anilines is 2. The van der Waals surface area contributed by atoms with Crippen molar-refractivity contribution in [2.75, 3.05) is 29.6 Å². The number of rotatable bonds is 11. The van der Waals surface area contributed by atoms with Crippen molar-refractivity contribution in [1.29, 1.82) is 0 Å². The Balaban J connectivity index is 1.47. The fraction of sp³-hybridized carbons (Fsp3) is 0.280. The third-order valence-corrected chi connectivity index (χ3v) is 5.33. The molecule has 34 heavy (non-hydrogen) atoms. The summed E-state index contributed by atoms with van der Waals surface area (Å²) in [6.07, 6.45) is 0. The van der Waals surface area contributed by atoms with E-state index in [9.17, 15) is 9.59 Å². The highest BCUT2D eigenvalue weighted by molar-refractivity contribution is 7.99. The highest BCUT2D eigenvalue weighted by Gasteiger charge is 2.08. The number of amides is 2. The van der Waals surface area contributed by atoms with E-state index in [1.54, 1.807) is 24.3 Å². The van der Waals surface area contributed by atoms with E-state index < -0.39 is 0 Å². The van der Waals surface area contributed by atoms with Crippen LogP contribution in [-0.2, 0) is 20.9 Å². The number of nitrogens with one attached hydrogen (secondary N) is 2. The van der Waals surface area contributed by atoms with Gasteiger partial charge in [0, 0.05) is 29.4 Å². The fourth-order valence-electron chi connectivity index (χ4n) is 3.02. The highest BCUT2D eigenvalue weighted by atomic mass is 32.2. The lowest BCUT2D eigenvalue weighted by molar-refractivity contribution is -0.120. The molecule has 1 heterocycles. The first-order valence-electron chi connectivity index (χ1n) is 10.9. The van der Waals surface area contributed by atoms with Gasteiger partial charge in [-0.05, 0) is 68.8 Å². The molecule has 2 amide bonds. The molecule has 3 aromatic rings. The number of thioether (sulfide) groups is 1. The van der Waals surface area contributed by atoms with Crippen molar-refractivity contribution in [2.45, 2.75) is 32.5 Å². The van der Waals surface area contributed by atoms with Gasteiger partial charge in [0.1, 0.15) is 19.0 Å². The van der Waals surface area contributed by atoms with Gasteiger partial charge in [-0.2, -0.15) is 0 Å². The van der Waals surface area contributed by atoms with E-state index in [2.05, 4.69) is 20.6 Å². The molecule has 0 spiro atoms. The van der Waals surface area contributed by atoms with Crippen molar-refractivity contribution in [3.8, 4) is 5.75 Å². The van der Waals surface area contributed by atoms with Crippen LogP contribution in [0.25, 0.3) is 0 Å². The van der Waals surface area contributed by atoms with E-state index in [0.717, 1.165) is 17.0 Å². The van der Waals surface area contributed by atoms with Crippen molar-refractivity contribution in [3.05, 3.63) is 71.5 Å². The number of aryl methyl sites for hydroxylation is 2. The molecule has 2 N–H and O–H groups in total. The lowest BCUT2D eigenvalue weighted by atomic mass is 10.2. The second kappa shape index (κ2) is 12.7. The van der Waals surface area contributed by atoms with E-state index in [1.165, 1.54) is 11.8 Å². The van der Waals surface area contributed by atoms with Gasteiger partial charge < -0.3 is 20.1 Å². The maximum absolute atomic E-state index is 12.4. The molecule has 0 aliphatic carbocycles. The van der Waals surface area contributed by atoms with Crippen LogP contribution < -0.4 is 15.4 Å². The second-order valence-electron chi connectivity index (χ2n) is 7.47. The standard InChI is InChI=1S/C25H28N4O4S/c1-4-32-15-23(30)28-20-8-10-22(11-9-20)33-14-19-6-5-7-21(13-19)29-24(31)16-34-25-26-17(2)12-18(3)27-25/h5-13H,4,14-16H2,1-3H3,(H,28,30)(H,29,31). The van der Waals surface area contributed by atoms with Crippen LogP contribution in [0, 0.1) is 13.8 Å². The van der Waals surface area contributed by atoms with Gasteiger partial charge in [0.05, 0.1) is 5.75 Å². The summed E-state index contributed by atoms with van der Waals surface area (Å²) in [5, 5.41) is 6.25. The molecular formula is C25H28N4O4S. The summed E-state index contributed by atoms with van der Waals surface area (Å²) in [5.74, 6) is 0.557. The highest BCUT2D eigenvalue weighted by Crippen LogP contribution is 2.19. The van der Waals surface area contributed by atoms with Gasteiger partial charge in [-0.3, -0.25) is 9.59 Å². The van der Waals surface area contributed by atoms with Gasteiger partial charge in [-0.15, -0.1) is 0 Å². The topological polar surface area (TPSA) is 102 Å². The molecule has 8 nitrogen and oxygen atoms in total. The summed E-state index contributed by atoms with van der Waals surface area (Å²) in [4.78, 5) is 32.7. The molecule has 0 saturated carbocycles. The van der Waals surface area contributed by atoms with Crippen LogP contribution in [0.5, 0.6) is 5.75 Å². The zero-order chi connectivity index (χ0) is 24.3. The van der Waals surface area contributed by atoms with Crippen LogP contribution in [0.15, 0.2) is 59.8 Å². The minimum absolute atomic E-state index is 0.0275. The Bertz CT molecular complexity index is 1100. The van der Waals surface area contributed by atoms with Crippen molar-refractivity contribution >= 4 is 35.0 Å². The predicted molar refractivity (Wildman–Crippen MR) is 133 cm³/mol. The summed E-state index contributed by atoms with van der Waals surface area (Å²) in [6, 6.07) is 16.5. The molecule has 0 atom stereocenters. The molecule has 0 unspecified atom stereocenters. The molecule has 3 rings (SSSR count). The summed E-state index contributed by atoms with van der Waals surface area (Å²) in [6.45, 7) is 6.51. The van der Waals surface area contributed by atoms with Crippen LogP contribution in [-0.4, -0.2) is 40.7 Å². The van der Waals surface area contributed by atoms with Gasteiger partial charge in [0.25, 0.3) is 0 Å². The van der Waals surface area contributed by atoms with E-state index >= 15 is 0 Å². The number of benzene rings is 2. The number of carbonyl (C=O) groups excluding carboxylic acids is 2. The molecule has 0 saturated heterocycles. The Morgan fingerprint density at radius 2 is 1.62 bits per heavy atom. The number of aromatic nitrogens is 2. The van der Waals surface area contributed by atoms with E-state index in [1.807, 2.05) is 51.1 Å². The minimum atomic E-state index is -0.200. The van der Waals surface area contributed by atoms with E-state index in [4.69, 9.17) is 9.47 Å². The largest absolute Gasteiger partial charge is 0.489 e. The normalized spacial score (nSPS) is 10.6. The van der Waals surface area contributed by atoms with Gasteiger partial charge in [0.15, 0.2) is 5.16 Å². The Hall–Kier alpha value is -3.43. The molecule has 1 aromatic heterocycles. The fourth-order valence-corrected chi connectivity index (χ4v) is 3.77. The van der Waals surface area contributed by atoms with Crippen LogP contribution in [0.2, 0.25) is 0 Å². The summed E-state index contributed by atoms with van der Waals surface area (Å²) < 4.78 is 10.9. The molecule has 0 fully saturated rings. The maximum Gasteiger partial charge on any atom is 0.250 e. The summed E-state index contributed by atoms with van der Waals surface area (Å²) >= 11 is 1.30. The molecule has 0 bridgehead atoms. The Kier molecular flexibility index (Phi) is 9.42. The average molecular weight is 481 g/mol. The molecule has 0 aliphatic rings. The maximum atomic E-state index is 12.4. The zero-order valence-electron chi connectivity index (χ0n) is 19.5. The summed E-state index contributed by atoms with van der Waals surface area (Å²) in [7, 11) is 0. The van der Waals surface area contributed by atoms with Crippen LogP contribution in [0.1, 0.15) is 23.9 Å². The molecule has 0 radical (unpaired) electrons. The first-order chi connectivity index (χ1) is 16.4. The third kappa shape index (κ3) is 8.49. The number of hydrogen-bond acceptors (Lipinski definition) is 7. The lowest BCUT2D eigenvalue weighted by Crippen LogP contribution is -2.18. The predicted octanol–water partition coefficient (Wildman–Crippen LogP) is 4.38. The monoisotopic (exact) mass is 480 g/mol. The number of hydrogen-bond donors (Lipinski definition) is 2. The molecule has 2 aromatic carbocycles. The van der Waals surface area contributed by atoms with Gasteiger partial charge in [-0.25, -0.2) is 9.97 Å². The Morgan fingerprint density at radius 3 is 2.32 bits per heavy atom. The number of carbonyl (C=O) groups is 2. The number of ether oxygens (including phenoxy) is 2. The van der Waals surface area contributed by atoms with Crippen LogP contribution in [0.3, 0.4) is 0 Å². The third-order valence-electron chi connectivity index (χ3n) is 4.49. The Morgan fingerprint density at radius 1 is 0.912 bits per heavy atom. The molecule has 0 aliphatic heterocycles. The summed E-state index contributed by atoms with van der Waals surface area (Å²) in [5.41, 5.74) is 4.04. The zero-order valence-corrected chi connectivity index (χ0v) is 20.3. The van der Waals surface area contributed by atoms with Crippen molar-refractivity contribution in [2.24, 2.45) is 0 Å². The van der Waals surface area contributed by atoms with E-state index in [-0.39, 0.29) is 24.2 Å². The lowest BCUT2D eigenvalue weighted by Gasteiger charge is -2.10. The first kappa shape index (κ1) is 25.2. The second-order valence-corrected chi connectivity index (χ2v) is 8.41. The Labute approximate surface area is 203 Å². The van der Waals surface area contributed by atoms with E-state index in [0.29, 0.717) is 35.5 Å².